The third-order valence-corrected chi connectivity index (χ3v) is 4.15. The molecule has 0 aromatic carbocycles. The summed E-state index contributed by atoms with van der Waals surface area (Å²) in [5, 5.41) is 3.06. The highest BCUT2D eigenvalue weighted by molar-refractivity contribution is 5.85. The number of halogens is 1. The summed E-state index contributed by atoms with van der Waals surface area (Å²) >= 11 is 0. The maximum Gasteiger partial charge on any atom is 0.225 e. The monoisotopic (exact) mass is 333 g/mol. The van der Waals surface area contributed by atoms with E-state index in [0.717, 1.165) is 45.1 Å². The molecule has 0 aliphatic carbocycles. The first-order valence-electron chi connectivity index (χ1n) is 8.40. The van der Waals surface area contributed by atoms with Crippen molar-refractivity contribution >= 4 is 24.2 Å². The van der Waals surface area contributed by atoms with Crippen molar-refractivity contribution in [2.24, 2.45) is 11.7 Å². The Morgan fingerprint density at radius 2 is 2.05 bits per heavy atom. The molecule has 1 aliphatic heterocycles. The Labute approximate surface area is 140 Å². The quantitative estimate of drug-likeness (QED) is 0.714. The van der Waals surface area contributed by atoms with Crippen LogP contribution >= 0.6 is 12.4 Å². The molecule has 1 aliphatic rings. The maximum absolute atomic E-state index is 12.4. The maximum atomic E-state index is 12.4. The zero-order chi connectivity index (χ0) is 15.7. The van der Waals surface area contributed by atoms with Crippen molar-refractivity contribution in [1.29, 1.82) is 0 Å². The Morgan fingerprint density at radius 1 is 1.32 bits per heavy atom. The van der Waals surface area contributed by atoms with Gasteiger partial charge in [-0.15, -0.1) is 12.4 Å². The van der Waals surface area contributed by atoms with Gasteiger partial charge in [-0.1, -0.05) is 26.7 Å². The van der Waals surface area contributed by atoms with Crippen LogP contribution in [0.1, 0.15) is 58.8 Å². The fraction of sp³-hybridized carbons (Fsp3) is 0.875. The SMILES string of the molecule is CCCCC(CN)NC(=O)C1CCCN(C(=O)CCC)C1.Cl. The number of likely N-dealkylation sites (tertiary alicyclic amines) is 1. The van der Waals surface area contributed by atoms with Crippen LogP contribution < -0.4 is 11.1 Å². The second-order valence-electron chi connectivity index (χ2n) is 6.01. The van der Waals surface area contributed by atoms with E-state index in [1.54, 1.807) is 0 Å². The molecule has 6 heteroatoms. The fourth-order valence-corrected chi connectivity index (χ4v) is 2.81. The Hall–Kier alpha value is -0.810. The second-order valence-corrected chi connectivity index (χ2v) is 6.01. The molecule has 5 nitrogen and oxygen atoms in total. The number of carbonyl (C=O) groups excluding carboxylic acids is 2. The highest BCUT2D eigenvalue weighted by Gasteiger charge is 2.28. The predicted octanol–water partition coefficient (Wildman–Crippen LogP) is 2.08. The number of nitrogens with zero attached hydrogens (tertiary/aromatic N) is 1. The number of nitrogens with one attached hydrogen (secondary N) is 1. The molecule has 2 unspecified atom stereocenters. The van der Waals surface area contributed by atoms with Crippen molar-refractivity contribution in [3.63, 3.8) is 0 Å². The number of carbonyl (C=O) groups is 2. The van der Waals surface area contributed by atoms with Gasteiger partial charge in [0.25, 0.3) is 0 Å². The molecular formula is C16H32ClN3O2. The Balaban J connectivity index is 0.00000441. The fourth-order valence-electron chi connectivity index (χ4n) is 2.81. The molecule has 1 heterocycles. The van der Waals surface area contributed by atoms with E-state index in [4.69, 9.17) is 5.73 Å². The Kier molecular flexibility index (Phi) is 11.3. The highest BCUT2D eigenvalue weighted by Crippen LogP contribution is 2.18. The largest absolute Gasteiger partial charge is 0.352 e. The van der Waals surface area contributed by atoms with E-state index < -0.39 is 0 Å². The average molecular weight is 334 g/mol. The van der Waals surface area contributed by atoms with E-state index >= 15 is 0 Å². The number of amides is 2. The number of rotatable bonds is 8. The van der Waals surface area contributed by atoms with Gasteiger partial charge in [-0.25, -0.2) is 0 Å². The summed E-state index contributed by atoms with van der Waals surface area (Å²) in [6.45, 7) is 5.98. The van der Waals surface area contributed by atoms with E-state index in [9.17, 15) is 9.59 Å². The first kappa shape index (κ1) is 21.2. The molecule has 2 atom stereocenters. The van der Waals surface area contributed by atoms with Crippen molar-refractivity contribution < 1.29 is 9.59 Å². The summed E-state index contributed by atoms with van der Waals surface area (Å²) in [6, 6.07) is 0.0687. The van der Waals surface area contributed by atoms with Crippen LogP contribution in [0.15, 0.2) is 0 Å². The Bertz CT molecular complexity index is 339. The third kappa shape index (κ3) is 6.97. The normalized spacial score (nSPS) is 19.2. The molecule has 1 saturated heterocycles. The first-order chi connectivity index (χ1) is 10.1. The molecule has 0 saturated carbocycles. The number of unbranched alkanes of at least 4 members (excludes halogenated alkanes) is 1. The van der Waals surface area contributed by atoms with Crippen LogP contribution in [0.2, 0.25) is 0 Å². The average Bonchev–Trinajstić information content (AvgIpc) is 2.51. The van der Waals surface area contributed by atoms with Crippen LogP contribution in [0.4, 0.5) is 0 Å². The van der Waals surface area contributed by atoms with Crippen LogP contribution in [0.25, 0.3) is 0 Å². The summed E-state index contributed by atoms with van der Waals surface area (Å²) in [4.78, 5) is 26.2. The minimum Gasteiger partial charge on any atom is -0.352 e. The second kappa shape index (κ2) is 11.7. The summed E-state index contributed by atoms with van der Waals surface area (Å²) in [5.41, 5.74) is 5.73. The molecule has 0 bridgehead atoms. The molecule has 0 spiro atoms. The standard InChI is InChI=1S/C16H31N3O2.ClH/c1-3-5-9-14(11-17)18-16(21)13-8-6-10-19(12-13)15(20)7-4-2;/h13-14H,3-12,17H2,1-2H3,(H,18,21);1H. The number of hydrogen-bond donors (Lipinski definition) is 2. The minimum absolute atomic E-state index is 0. The van der Waals surface area contributed by atoms with Crippen LogP contribution in [-0.4, -0.2) is 42.4 Å². The lowest BCUT2D eigenvalue weighted by atomic mass is 9.96. The molecule has 130 valence electrons. The van der Waals surface area contributed by atoms with Gasteiger partial charge < -0.3 is 16.0 Å². The molecular weight excluding hydrogens is 302 g/mol. The lowest BCUT2D eigenvalue weighted by Gasteiger charge is -2.33. The van der Waals surface area contributed by atoms with Gasteiger partial charge in [0, 0.05) is 32.1 Å². The molecule has 3 N–H and O–H groups in total. The molecule has 22 heavy (non-hydrogen) atoms. The molecule has 2 amide bonds. The topological polar surface area (TPSA) is 75.4 Å². The molecule has 0 aromatic rings. The number of hydrogen-bond acceptors (Lipinski definition) is 3. The molecule has 0 radical (unpaired) electrons. The first-order valence-corrected chi connectivity index (χ1v) is 8.40. The Morgan fingerprint density at radius 3 is 2.64 bits per heavy atom. The smallest absolute Gasteiger partial charge is 0.225 e. The van der Waals surface area contributed by atoms with E-state index in [0.29, 0.717) is 19.5 Å². The zero-order valence-electron chi connectivity index (χ0n) is 14.0. The van der Waals surface area contributed by atoms with Gasteiger partial charge in [0.15, 0.2) is 0 Å². The summed E-state index contributed by atoms with van der Waals surface area (Å²) in [5.74, 6) is 0.169. The van der Waals surface area contributed by atoms with Crippen molar-refractivity contribution in [1.82, 2.24) is 10.2 Å². The van der Waals surface area contributed by atoms with E-state index in [1.807, 2.05) is 11.8 Å². The van der Waals surface area contributed by atoms with Gasteiger partial charge in [0.1, 0.15) is 0 Å². The summed E-state index contributed by atoms with van der Waals surface area (Å²) in [7, 11) is 0. The van der Waals surface area contributed by atoms with Crippen LogP contribution in [0, 0.1) is 5.92 Å². The molecule has 0 aromatic heterocycles. The van der Waals surface area contributed by atoms with E-state index in [2.05, 4.69) is 12.2 Å². The van der Waals surface area contributed by atoms with Crippen LogP contribution in [0.5, 0.6) is 0 Å². The van der Waals surface area contributed by atoms with Gasteiger partial charge in [-0.2, -0.15) is 0 Å². The summed E-state index contributed by atoms with van der Waals surface area (Å²) in [6.07, 6.45) is 6.34. The van der Waals surface area contributed by atoms with Gasteiger partial charge in [-0.3, -0.25) is 9.59 Å². The van der Waals surface area contributed by atoms with Crippen molar-refractivity contribution in [2.75, 3.05) is 19.6 Å². The number of nitrogens with two attached hydrogens (primary N) is 1. The lowest BCUT2D eigenvalue weighted by molar-refractivity contribution is -0.135. The van der Waals surface area contributed by atoms with Crippen molar-refractivity contribution in [3.05, 3.63) is 0 Å². The van der Waals surface area contributed by atoms with Gasteiger partial charge in [0.05, 0.1) is 5.92 Å². The third-order valence-electron chi connectivity index (χ3n) is 4.15. The van der Waals surface area contributed by atoms with E-state index in [1.165, 1.54) is 0 Å². The molecule has 1 rings (SSSR count). The minimum atomic E-state index is -0.0739. The van der Waals surface area contributed by atoms with Crippen LogP contribution in [-0.2, 0) is 9.59 Å². The zero-order valence-corrected chi connectivity index (χ0v) is 14.8. The van der Waals surface area contributed by atoms with Gasteiger partial charge in [0.2, 0.25) is 11.8 Å². The number of piperidine rings is 1. The van der Waals surface area contributed by atoms with Gasteiger partial charge in [-0.05, 0) is 25.7 Å². The van der Waals surface area contributed by atoms with E-state index in [-0.39, 0.29) is 36.2 Å². The van der Waals surface area contributed by atoms with Gasteiger partial charge >= 0.3 is 0 Å². The molecule has 1 fully saturated rings. The highest BCUT2D eigenvalue weighted by atomic mass is 35.5. The van der Waals surface area contributed by atoms with Crippen molar-refractivity contribution in [2.45, 2.75) is 64.8 Å². The predicted molar refractivity (Wildman–Crippen MR) is 92.0 cm³/mol. The van der Waals surface area contributed by atoms with Crippen LogP contribution in [0.3, 0.4) is 0 Å². The van der Waals surface area contributed by atoms with Crippen molar-refractivity contribution in [3.8, 4) is 0 Å². The summed E-state index contributed by atoms with van der Waals surface area (Å²) < 4.78 is 0. The lowest BCUT2D eigenvalue weighted by Crippen LogP contribution is -2.49.